The second kappa shape index (κ2) is 10.7. The van der Waals surface area contributed by atoms with Gasteiger partial charge in [-0.1, -0.05) is 23.7 Å². The van der Waals surface area contributed by atoms with Gasteiger partial charge in [-0.3, -0.25) is 9.59 Å². The second-order valence-corrected chi connectivity index (χ2v) is 12.8. The Kier molecular flexibility index (Phi) is 7.92. The summed E-state index contributed by atoms with van der Waals surface area (Å²) in [4.78, 5) is 43.2. The second-order valence-electron chi connectivity index (χ2n) is 10.6. The Labute approximate surface area is 227 Å². The summed E-state index contributed by atoms with van der Waals surface area (Å²) in [6.07, 6.45) is -0.164. The number of nitrogens with one attached hydrogen (secondary N) is 1. The zero-order valence-corrected chi connectivity index (χ0v) is 23.5. The van der Waals surface area contributed by atoms with Crippen molar-refractivity contribution in [1.82, 2.24) is 19.4 Å². The number of hydrogen-bond acceptors (Lipinski definition) is 6. The molecule has 2 heterocycles. The molecule has 2 aliphatic heterocycles. The minimum atomic E-state index is -3.97. The summed E-state index contributed by atoms with van der Waals surface area (Å²) < 4.78 is 34.0. The highest BCUT2D eigenvalue weighted by Gasteiger charge is 2.40. The quantitative estimate of drug-likeness (QED) is 0.597. The fourth-order valence-corrected chi connectivity index (χ4v) is 6.09. The zero-order valence-electron chi connectivity index (χ0n) is 21.9. The molecule has 2 atom stereocenters. The Morgan fingerprint density at radius 1 is 1.00 bits per heavy atom. The van der Waals surface area contributed by atoms with E-state index in [0.717, 1.165) is 5.39 Å². The normalized spacial score (nSPS) is 19.7. The van der Waals surface area contributed by atoms with Crippen LogP contribution in [0, 0.1) is 0 Å². The van der Waals surface area contributed by atoms with Crippen LogP contribution in [0.25, 0.3) is 10.8 Å². The first-order chi connectivity index (χ1) is 17.7. The summed E-state index contributed by atoms with van der Waals surface area (Å²) in [6, 6.07) is 8.13. The molecule has 3 amide bonds. The van der Waals surface area contributed by atoms with Crippen molar-refractivity contribution in [3.8, 4) is 0 Å². The SMILES string of the molecule is C[C@@H](C(=O)N1CCN(C(=O)OC(C)(C)C)CC1)N1CC[C@H](NS(=O)(=O)c2ccc3cc(Cl)ccc3c2)C1=O. The number of ether oxygens (including phenoxy) is 1. The van der Waals surface area contributed by atoms with E-state index in [0.29, 0.717) is 36.6 Å². The Bertz CT molecular complexity index is 1350. The lowest BCUT2D eigenvalue weighted by molar-refractivity contribution is -0.144. The number of carbonyl (C=O) groups excluding carboxylic acids is 3. The Balaban J connectivity index is 1.35. The van der Waals surface area contributed by atoms with Crippen molar-refractivity contribution < 1.29 is 27.5 Å². The predicted molar refractivity (Wildman–Crippen MR) is 143 cm³/mol. The molecule has 0 aliphatic carbocycles. The van der Waals surface area contributed by atoms with Gasteiger partial charge in [-0.25, -0.2) is 13.2 Å². The highest BCUT2D eigenvalue weighted by molar-refractivity contribution is 7.89. The van der Waals surface area contributed by atoms with Crippen molar-refractivity contribution in [3.05, 3.63) is 41.4 Å². The van der Waals surface area contributed by atoms with Gasteiger partial charge in [0.1, 0.15) is 17.7 Å². The summed E-state index contributed by atoms with van der Waals surface area (Å²) in [5.74, 6) is -0.673. The minimum Gasteiger partial charge on any atom is -0.444 e. The van der Waals surface area contributed by atoms with Crippen LogP contribution in [0.2, 0.25) is 5.02 Å². The van der Waals surface area contributed by atoms with Gasteiger partial charge in [0, 0.05) is 37.7 Å². The summed E-state index contributed by atoms with van der Waals surface area (Å²) in [5.41, 5.74) is -0.602. The van der Waals surface area contributed by atoms with Crippen LogP contribution in [0.4, 0.5) is 4.79 Å². The Hall–Kier alpha value is -2.89. The van der Waals surface area contributed by atoms with E-state index >= 15 is 0 Å². The van der Waals surface area contributed by atoms with Gasteiger partial charge in [0.2, 0.25) is 21.8 Å². The third-order valence-corrected chi connectivity index (χ3v) is 8.39. The van der Waals surface area contributed by atoms with Gasteiger partial charge in [-0.2, -0.15) is 4.72 Å². The molecule has 0 unspecified atom stereocenters. The fraction of sp³-hybridized carbons (Fsp3) is 0.500. The molecule has 0 saturated carbocycles. The molecule has 2 aromatic rings. The highest BCUT2D eigenvalue weighted by Crippen LogP contribution is 2.24. The van der Waals surface area contributed by atoms with Crippen LogP contribution in [0.15, 0.2) is 41.3 Å². The molecule has 2 aromatic carbocycles. The molecule has 10 nitrogen and oxygen atoms in total. The Morgan fingerprint density at radius 2 is 1.61 bits per heavy atom. The number of piperazine rings is 1. The van der Waals surface area contributed by atoms with Crippen molar-refractivity contribution >= 4 is 50.3 Å². The maximum absolute atomic E-state index is 13.1. The van der Waals surface area contributed by atoms with Crippen molar-refractivity contribution in [2.24, 2.45) is 0 Å². The lowest BCUT2D eigenvalue weighted by Crippen LogP contribution is -2.56. The smallest absolute Gasteiger partial charge is 0.410 e. The van der Waals surface area contributed by atoms with E-state index in [-0.39, 0.29) is 23.8 Å². The Morgan fingerprint density at radius 3 is 2.26 bits per heavy atom. The van der Waals surface area contributed by atoms with Crippen molar-refractivity contribution in [3.63, 3.8) is 0 Å². The molecular weight excluding hydrogens is 532 g/mol. The molecule has 2 fully saturated rings. The molecule has 1 N–H and O–H groups in total. The molecule has 2 aliphatic rings. The average Bonchev–Trinajstić information content (AvgIpc) is 3.20. The molecular formula is C26H33ClN4O6S. The standard InChI is InChI=1S/C26H33ClN4O6S/c1-17(23(32)29-11-13-30(14-12-29)25(34)37-26(2,3)4)31-10-9-22(24(31)33)28-38(35,36)21-8-6-18-15-20(27)7-5-19(18)16-21/h5-8,15-17,22,28H,9-14H2,1-4H3/t17-,22-/m0/s1. The van der Waals surface area contributed by atoms with Crippen molar-refractivity contribution in [1.29, 1.82) is 0 Å². The van der Waals surface area contributed by atoms with Crippen LogP contribution in [0.5, 0.6) is 0 Å². The highest BCUT2D eigenvalue weighted by atomic mass is 35.5. The van der Waals surface area contributed by atoms with Gasteiger partial charge < -0.3 is 19.4 Å². The maximum atomic E-state index is 13.1. The topological polar surface area (TPSA) is 116 Å². The average molecular weight is 565 g/mol. The van der Waals surface area contributed by atoms with E-state index in [9.17, 15) is 22.8 Å². The first-order valence-corrected chi connectivity index (χ1v) is 14.4. The number of fused-ring (bicyclic) bond motifs is 1. The first-order valence-electron chi connectivity index (χ1n) is 12.5. The number of benzene rings is 2. The zero-order chi connectivity index (χ0) is 27.8. The molecule has 38 heavy (non-hydrogen) atoms. The largest absolute Gasteiger partial charge is 0.444 e. The molecule has 4 rings (SSSR count). The van der Waals surface area contributed by atoms with Crippen LogP contribution in [0.3, 0.4) is 0 Å². The van der Waals surface area contributed by atoms with Gasteiger partial charge in [0.25, 0.3) is 0 Å². The molecule has 0 radical (unpaired) electrons. The van der Waals surface area contributed by atoms with Crippen LogP contribution in [0.1, 0.15) is 34.1 Å². The number of amides is 3. The molecule has 0 spiro atoms. The van der Waals surface area contributed by atoms with E-state index in [1.807, 2.05) is 0 Å². The monoisotopic (exact) mass is 564 g/mol. The first kappa shape index (κ1) is 28.1. The van der Waals surface area contributed by atoms with E-state index in [2.05, 4.69) is 4.72 Å². The van der Waals surface area contributed by atoms with Gasteiger partial charge in [-0.15, -0.1) is 0 Å². The molecule has 206 valence electrons. The van der Waals surface area contributed by atoms with E-state index in [1.54, 1.807) is 61.8 Å². The van der Waals surface area contributed by atoms with E-state index in [1.165, 1.54) is 17.0 Å². The number of nitrogens with zero attached hydrogens (tertiary/aromatic N) is 3. The van der Waals surface area contributed by atoms with Crippen molar-refractivity contribution in [2.75, 3.05) is 32.7 Å². The number of rotatable bonds is 5. The van der Waals surface area contributed by atoms with Crippen molar-refractivity contribution in [2.45, 2.75) is 56.7 Å². The van der Waals surface area contributed by atoms with E-state index in [4.69, 9.17) is 16.3 Å². The third-order valence-electron chi connectivity index (χ3n) is 6.69. The molecule has 0 bridgehead atoms. The van der Waals surface area contributed by atoms with Gasteiger partial charge in [0.05, 0.1) is 4.90 Å². The van der Waals surface area contributed by atoms with Crippen LogP contribution in [-0.2, 0) is 24.3 Å². The number of carbonyl (C=O) groups is 3. The summed E-state index contributed by atoms with van der Waals surface area (Å²) in [6.45, 7) is 8.62. The summed E-state index contributed by atoms with van der Waals surface area (Å²) in [7, 11) is -3.97. The van der Waals surface area contributed by atoms with Gasteiger partial charge in [-0.05, 0) is 69.2 Å². The van der Waals surface area contributed by atoms with E-state index < -0.39 is 39.7 Å². The predicted octanol–water partition coefficient (Wildman–Crippen LogP) is 2.84. The van der Waals surface area contributed by atoms with Crippen LogP contribution >= 0.6 is 11.6 Å². The minimum absolute atomic E-state index is 0.0468. The van der Waals surface area contributed by atoms with Crippen LogP contribution < -0.4 is 4.72 Å². The van der Waals surface area contributed by atoms with Crippen LogP contribution in [-0.4, -0.2) is 91.4 Å². The lowest BCUT2D eigenvalue weighted by atomic mass is 10.1. The van der Waals surface area contributed by atoms with Gasteiger partial charge in [0.15, 0.2) is 0 Å². The molecule has 0 aromatic heterocycles. The summed E-state index contributed by atoms with van der Waals surface area (Å²) in [5, 5.41) is 2.07. The maximum Gasteiger partial charge on any atom is 0.410 e. The number of sulfonamides is 1. The number of hydrogen-bond donors (Lipinski definition) is 1. The number of likely N-dealkylation sites (tertiary alicyclic amines) is 1. The molecule has 12 heteroatoms. The summed E-state index contributed by atoms with van der Waals surface area (Å²) >= 11 is 6.01. The fourth-order valence-electron chi connectivity index (χ4n) is 4.65. The number of halogens is 1. The lowest BCUT2D eigenvalue weighted by Gasteiger charge is -2.37. The van der Waals surface area contributed by atoms with Gasteiger partial charge >= 0.3 is 6.09 Å². The molecule has 2 saturated heterocycles. The third kappa shape index (κ3) is 6.22.